The Labute approximate surface area is 135 Å². The number of nitrogens with zero attached hydrogens (tertiary/aromatic N) is 1. The van der Waals surface area contributed by atoms with Crippen LogP contribution in [0.3, 0.4) is 0 Å². The van der Waals surface area contributed by atoms with Crippen molar-refractivity contribution < 1.29 is 13.6 Å². The molecule has 0 radical (unpaired) electrons. The molecule has 1 aromatic heterocycles. The quantitative estimate of drug-likeness (QED) is 0.849. The Kier molecular flexibility index (Phi) is 4.18. The van der Waals surface area contributed by atoms with Crippen molar-refractivity contribution in [3.8, 4) is 0 Å². The van der Waals surface area contributed by atoms with Crippen molar-refractivity contribution in [3.05, 3.63) is 41.1 Å². The largest absolute Gasteiger partial charge is 0.302 e. The predicted molar refractivity (Wildman–Crippen MR) is 84.5 cm³/mol. The van der Waals surface area contributed by atoms with Gasteiger partial charge in [-0.3, -0.25) is 4.79 Å². The highest BCUT2D eigenvalue weighted by atomic mass is 32.2. The number of amides is 1. The van der Waals surface area contributed by atoms with Gasteiger partial charge in [0, 0.05) is 12.0 Å². The fourth-order valence-electron chi connectivity index (χ4n) is 2.45. The van der Waals surface area contributed by atoms with E-state index in [9.17, 15) is 13.6 Å². The molecule has 0 spiro atoms. The van der Waals surface area contributed by atoms with Crippen molar-refractivity contribution in [3.63, 3.8) is 0 Å². The van der Waals surface area contributed by atoms with Crippen molar-refractivity contribution in [1.29, 1.82) is 0 Å². The summed E-state index contributed by atoms with van der Waals surface area (Å²) in [5.41, 5.74) is 1.30. The third-order valence-corrected chi connectivity index (χ3v) is 5.94. The second-order valence-corrected chi connectivity index (χ2v) is 7.27. The fraction of sp³-hybridized carbons (Fsp3) is 0.333. The standard InChI is InChI=1S/C15H14F2N2OS2/c1-7-14(21-2)22-15(18-7)19-13(20)11-6-10(11)9-4-3-8(16)5-12(9)17/h3-5,10-11H,6H2,1-2H3,(H,18,19,20). The van der Waals surface area contributed by atoms with Gasteiger partial charge in [0.25, 0.3) is 0 Å². The van der Waals surface area contributed by atoms with Crippen LogP contribution in [-0.4, -0.2) is 17.1 Å². The third-order valence-electron chi connectivity index (χ3n) is 3.66. The van der Waals surface area contributed by atoms with Crippen molar-refractivity contribution in [1.82, 2.24) is 4.98 Å². The van der Waals surface area contributed by atoms with E-state index in [1.807, 2.05) is 13.2 Å². The molecule has 3 rings (SSSR count). The normalized spacial score (nSPS) is 20.0. The molecule has 2 aromatic rings. The Morgan fingerprint density at radius 1 is 1.45 bits per heavy atom. The second kappa shape index (κ2) is 5.96. The van der Waals surface area contributed by atoms with Crippen molar-refractivity contribution in [2.75, 3.05) is 11.6 Å². The van der Waals surface area contributed by atoms with Gasteiger partial charge in [-0.2, -0.15) is 0 Å². The lowest BCUT2D eigenvalue weighted by Gasteiger charge is -2.03. The highest BCUT2D eigenvalue weighted by Crippen LogP contribution is 2.49. The maximum Gasteiger partial charge on any atom is 0.229 e. The summed E-state index contributed by atoms with van der Waals surface area (Å²) in [5, 5.41) is 3.36. The maximum absolute atomic E-state index is 13.7. The highest BCUT2D eigenvalue weighted by Gasteiger charge is 2.45. The van der Waals surface area contributed by atoms with Crippen LogP contribution in [0.2, 0.25) is 0 Å². The average molecular weight is 340 g/mol. The molecule has 22 heavy (non-hydrogen) atoms. The Balaban J connectivity index is 1.67. The lowest BCUT2D eigenvalue weighted by Crippen LogP contribution is -2.14. The zero-order valence-electron chi connectivity index (χ0n) is 12.0. The third kappa shape index (κ3) is 3.01. The minimum Gasteiger partial charge on any atom is -0.302 e. The molecule has 1 N–H and O–H groups in total. The van der Waals surface area contributed by atoms with Crippen molar-refractivity contribution >= 4 is 34.1 Å². The van der Waals surface area contributed by atoms with Crippen molar-refractivity contribution in [2.24, 2.45) is 5.92 Å². The first-order valence-corrected chi connectivity index (χ1v) is 8.81. The van der Waals surface area contributed by atoms with Gasteiger partial charge >= 0.3 is 0 Å². The summed E-state index contributed by atoms with van der Waals surface area (Å²) >= 11 is 3.02. The minimum absolute atomic E-state index is 0.157. The molecule has 7 heteroatoms. The Morgan fingerprint density at radius 3 is 2.86 bits per heavy atom. The molecule has 1 heterocycles. The number of aryl methyl sites for hydroxylation is 1. The van der Waals surface area contributed by atoms with Gasteiger partial charge in [0.2, 0.25) is 5.91 Å². The molecule has 1 saturated carbocycles. The number of carbonyl (C=O) groups excluding carboxylic acids is 1. The van der Waals surface area contributed by atoms with Crippen LogP contribution in [0.1, 0.15) is 23.6 Å². The van der Waals surface area contributed by atoms with E-state index in [0.29, 0.717) is 17.1 Å². The first-order valence-electron chi connectivity index (χ1n) is 6.77. The molecule has 3 nitrogen and oxygen atoms in total. The lowest BCUT2D eigenvalue weighted by molar-refractivity contribution is -0.117. The number of hydrogen-bond donors (Lipinski definition) is 1. The number of aromatic nitrogens is 1. The van der Waals surface area contributed by atoms with E-state index in [4.69, 9.17) is 0 Å². The molecule has 1 fully saturated rings. The molecule has 0 bridgehead atoms. The number of thioether (sulfide) groups is 1. The monoisotopic (exact) mass is 340 g/mol. The van der Waals surface area contributed by atoms with Crippen LogP contribution < -0.4 is 5.32 Å². The van der Waals surface area contributed by atoms with Crippen molar-refractivity contribution in [2.45, 2.75) is 23.5 Å². The molecule has 2 unspecified atom stereocenters. The van der Waals surface area contributed by atoms with E-state index >= 15 is 0 Å². The number of anilines is 1. The summed E-state index contributed by atoms with van der Waals surface area (Å²) in [6.07, 6.45) is 2.54. The van der Waals surface area contributed by atoms with Gasteiger partial charge in [-0.15, -0.1) is 11.8 Å². The van der Waals surface area contributed by atoms with Crippen LogP contribution in [0.15, 0.2) is 22.4 Å². The topological polar surface area (TPSA) is 42.0 Å². The van der Waals surface area contributed by atoms with E-state index in [2.05, 4.69) is 10.3 Å². The molecule has 1 aliphatic carbocycles. The van der Waals surface area contributed by atoms with Crippen LogP contribution in [0, 0.1) is 24.5 Å². The van der Waals surface area contributed by atoms with Gasteiger partial charge in [0.15, 0.2) is 5.13 Å². The zero-order valence-corrected chi connectivity index (χ0v) is 13.7. The summed E-state index contributed by atoms with van der Waals surface area (Å²) in [4.78, 5) is 16.5. The predicted octanol–water partition coefficient (Wildman–Crippen LogP) is 4.19. The molecule has 2 atom stereocenters. The average Bonchev–Trinajstić information content (AvgIpc) is 3.17. The Morgan fingerprint density at radius 2 is 2.23 bits per heavy atom. The van der Waals surface area contributed by atoms with E-state index in [1.165, 1.54) is 23.5 Å². The summed E-state index contributed by atoms with van der Waals surface area (Å²) in [6, 6.07) is 3.50. The molecule has 1 aromatic carbocycles. The molecule has 1 aliphatic rings. The summed E-state index contributed by atoms with van der Waals surface area (Å²) < 4.78 is 27.7. The van der Waals surface area contributed by atoms with E-state index < -0.39 is 11.6 Å². The fourth-order valence-corrected chi connectivity index (χ4v) is 4.07. The van der Waals surface area contributed by atoms with Crippen LogP contribution in [0.4, 0.5) is 13.9 Å². The van der Waals surface area contributed by atoms with Crippen LogP contribution in [0.5, 0.6) is 0 Å². The SMILES string of the molecule is CSc1sc(NC(=O)C2CC2c2ccc(F)cc2F)nc1C. The summed E-state index contributed by atoms with van der Waals surface area (Å²) in [6.45, 7) is 1.89. The van der Waals surface area contributed by atoms with Gasteiger partial charge in [-0.1, -0.05) is 17.4 Å². The number of nitrogens with one attached hydrogen (secondary N) is 1. The Hall–Kier alpha value is -1.47. The molecular formula is C15H14F2N2OS2. The summed E-state index contributed by atoms with van der Waals surface area (Å²) in [7, 11) is 0. The Bertz CT molecular complexity index is 732. The second-order valence-electron chi connectivity index (χ2n) is 5.20. The maximum atomic E-state index is 13.7. The number of carbonyl (C=O) groups is 1. The van der Waals surface area contributed by atoms with E-state index in [-0.39, 0.29) is 17.7 Å². The van der Waals surface area contributed by atoms with E-state index in [1.54, 1.807) is 11.8 Å². The molecule has 116 valence electrons. The van der Waals surface area contributed by atoms with Crippen LogP contribution in [-0.2, 0) is 4.79 Å². The first-order chi connectivity index (χ1) is 10.5. The van der Waals surface area contributed by atoms with Gasteiger partial charge in [0.05, 0.1) is 9.90 Å². The van der Waals surface area contributed by atoms with Crippen LogP contribution in [0.25, 0.3) is 0 Å². The lowest BCUT2D eigenvalue weighted by atomic mass is 10.1. The molecule has 1 amide bonds. The number of rotatable bonds is 4. The van der Waals surface area contributed by atoms with Crippen LogP contribution >= 0.6 is 23.1 Å². The number of halogens is 2. The summed E-state index contributed by atoms with van der Waals surface area (Å²) in [5.74, 6) is -1.81. The van der Waals surface area contributed by atoms with E-state index in [0.717, 1.165) is 16.0 Å². The minimum atomic E-state index is -0.606. The van der Waals surface area contributed by atoms with Gasteiger partial charge in [-0.05, 0) is 37.1 Å². The van der Waals surface area contributed by atoms with Gasteiger partial charge in [0.1, 0.15) is 11.6 Å². The molecular weight excluding hydrogens is 326 g/mol. The first kappa shape index (κ1) is 15.4. The molecule has 0 saturated heterocycles. The van der Waals surface area contributed by atoms with Gasteiger partial charge < -0.3 is 5.32 Å². The van der Waals surface area contributed by atoms with Gasteiger partial charge in [-0.25, -0.2) is 13.8 Å². The highest BCUT2D eigenvalue weighted by molar-refractivity contribution is 8.00. The number of hydrogen-bond acceptors (Lipinski definition) is 4. The molecule has 0 aliphatic heterocycles. The smallest absolute Gasteiger partial charge is 0.229 e. The number of thiazole rings is 1. The zero-order chi connectivity index (χ0) is 15.9. The number of benzene rings is 1.